The third-order valence-electron chi connectivity index (χ3n) is 4.74. The normalized spacial score (nSPS) is 17.3. The molecule has 1 atom stereocenters. The van der Waals surface area contributed by atoms with Gasteiger partial charge in [0.2, 0.25) is 0 Å². The van der Waals surface area contributed by atoms with Gasteiger partial charge in [0, 0.05) is 26.2 Å². The number of para-hydroxylation sites is 1. The number of piperazine rings is 1. The van der Waals surface area contributed by atoms with Gasteiger partial charge < -0.3 is 31.1 Å². The van der Waals surface area contributed by atoms with Gasteiger partial charge in [0.05, 0.1) is 17.4 Å². The van der Waals surface area contributed by atoms with Crippen LogP contribution in [0.1, 0.15) is 5.56 Å². The molecule has 0 saturated carbocycles. The van der Waals surface area contributed by atoms with Crippen LogP contribution in [-0.2, 0) is 6.18 Å². The van der Waals surface area contributed by atoms with E-state index in [4.69, 9.17) is 16.2 Å². The number of alkyl halides is 3. The number of carbonyl (C=O) groups is 1. The first-order valence-corrected chi connectivity index (χ1v) is 8.89. The molecular weight excluding hydrogens is 389 g/mol. The lowest BCUT2D eigenvalue weighted by molar-refractivity contribution is -0.138. The Hall–Kier alpha value is -3.14. The van der Waals surface area contributed by atoms with E-state index in [9.17, 15) is 23.1 Å². The van der Waals surface area contributed by atoms with Crippen molar-refractivity contribution in [2.45, 2.75) is 12.2 Å². The molecule has 1 saturated heterocycles. The van der Waals surface area contributed by atoms with Crippen molar-refractivity contribution >= 4 is 17.5 Å². The van der Waals surface area contributed by atoms with Crippen molar-refractivity contribution in [2.24, 2.45) is 5.73 Å². The highest BCUT2D eigenvalue weighted by Gasteiger charge is 2.41. The summed E-state index contributed by atoms with van der Waals surface area (Å²) in [7, 11) is 0. The summed E-state index contributed by atoms with van der Waals surface area (Å²) >= 11 is 0. The van der Waals surface area contributed by atoms with E-state index >= 15 is 0 Å². The average Bonchev–Trinajstić information content (AvgIpc) is 2.68. The minimum atomic E-state index is -4.74. The van der Waals surface area contributed by atoms with Gasteiger partial charge in [0.15, 0.2) is 0 Å². The molecule has 29 heavy (non-hydrogen) atoms. The van der Waals surface area contributed by atoms with Crippen molar-refractivity contribution in [3.63, 3.8) is 0 Å². The number of ether oxygens (including phenoxy) is 1. The number of hydrogen-bond acceptors (Lipinski definition) is 5. The molecule has 0 aliphatic carbocycles. The first-order chi connectivity index (χ1) is 13.7. The maximum Gasteiger partial charge on any atom is 0.422 e. The van der Waals surface area contributed by atoms with Crippen LogP contribution in [0.2, 0.25) is 0 Å². The molecule has 10 heteroatoms. The van der Waals surface area contributed by atoms with E-state index in [1.165, 1.54) is 17.0 Å². The van der Waals surface area contributed by atoms with Crippen molar-refractivity contribution in [1.29, 1.82) is 0 Å². The van der Waals surface area contributed by atoms with E-state index in [2.05, 4.69) is 0 Å². The molecule has 1 amide bonds. The highest BCUT2D eigenvalue weighted by molar-refractivity contribution is 5.77. The molecule has 0 unspecified atom stereocenters. The predicted octanol–water partition coefficient (Wildman–Crippen LogP) is 3.21. The van der Waals surface area contributed by atoms with Gasteiger partial charge in [-0.25, -0.2) is 4.79 Å². The van der Waals surface area contributed by atoms with Gasteiger partial charge in [-0.3, -0.25) is 0 Å². The van der Waals surface area contributed by atoms with Gasteiger partial charge in [0.1, 0.15) is 17.1 Å². The lowest BCUT2D eigenvalue weighted by atomic mass is 10.0. The lowest BCUT2D eigenvalue weighted by Crippen LogP contribution is -2.58. The SMILES string of the molecule is NC[C@H]1CN(c2c(N)ccc(Oc3ccccc3)c2C(F)(F)F)CCN1C(=O)O. The Balaban J connectivity index is 2.04. The summed E-state index contributed by atoms with van der Waals surface area (Å²) < 4.78 is 47.6. The fraction of sp³-hybridized carbons (Fsp3) is 0.316. The Morgan fingerprint density at radius 3 is 2.45 bits per heavy atom. The highest BCUT2D eigenvalue weighted by Crippen LogP contribution is 2.47. The zero-order valence-corrected chi connectivity index (χ0v) is 15.4. The molecule has 5 N–H and O–H groups in total. The molecule has 2 aromatic carbocycles. The van der Waals surface area contributed by atoms with Gasteiger partial charge in [-0.2, -0.15) is 13.2 Å². The Kier molecular flexibility index (Phi) is 5.73. The van der Waals surface area contributed by atoms with Crippen LogP contribution in [0.5, 0.6) is 11.5 Å². The van der Waals surface area contributed by atoms with Crippen LogP contribution in [0.25, 0.3) is 0 Å². The van der Waals surface area contributed by atoms with Crippen LogP contribution in [0.15, 0.2) is 42.5 Å². The second-order valence-electron chi connectivity index (χ2n) is 6.60. The molecule has 1 aliphatic heterocycles. The molecule has 3 rings (SSSR count). The molecule has 1 fully saturated rings. The molecule has 0 radical (unpaired) electrons. The van der Waals surface area contributed by atoms with Gasteiger partial charge in [-0.05, 0) is 24.3 Å². The van der Waals surface area contributed by atoms with Crippen molar-refractivity contribution in [3.8, 4) is 11.5 Å². The molecule has 7 nitrogen and oxygen atoms in total. The fourth-order valence-corrected chi connectivity index (χ4v) is 3.42. The Morgan fingerprint density at radius 2 is 1.86 bits per heavy atom. The van der Waals surface area contributed by atoms with Crippen molar-refractivity contribution < 1.29 is 27.8 Å². The van der Waals surface area contributed by atoms with Crippen LogP contribution in [0, 0.1) is 0 Å². The maximum absolute atomic E-state index is 14.0. The molecule has 0 aromatic heterocycles. The van der Waals surface area contributed by atoms with E-state index in [0.717, 1.165) is 4.90 Å². The summed E-state index contributed by atoms with van der Waals surface area (Å²) in [6, 6.07) is 10.0. The molecular formula is C19H21F3N4O3. The maximum atomic E-state index is 14.0. The van der Waals surface area contributed by atoms with Crippen LogP contribution in [-0.4, -0.2) is 48.3 Å². The van der Waals surface area contributed by atoms with Gasteiger partial charge in [0.25, 0.3) is 0 Å². The minimum Gasteiger partial charge on any atom is -0.465 e. The van der Waals surface area contributed by atoms with E-state index < -0.39 is 23.9 Å². The minimum absolute atomic E-state index is 0.00906. The van der Waals surface area contributed by atoms with Crippen LogP contribution < -0.4 is 21.1 Å². The molecule has 156 valence electrons. The summed E-state index contributed by atoms with van der Waals surface area (Å²) in [6.07, 6.45) is -5.90. The molecule has 2 aromatic rings. The second kappa shape index (κ2) is 8.08. The number of nitrogens with zero attached hydrogens (tertiary/aromatic N) is 2. The van der Waals surface area contributed by atoms with E-state index in [1.807, 2.05) is 0 Å². The van der Waals surface area contributed by atoms with E-state index in [1.54, 1.807) is 30.3 Å². The molecule has 1 aliphatic rings. The second-order valence-corrected chi connectivity index (χ2v) is 6.60. The smallest absolute Gasteiger partial charge is 0.422 e. The third kappa shape index (κ3) is 4.32. The first-order valence-electron chi connectivity index (χ1n) is 8.89. The van der Waals surface area contributed by atoms with E-state index in [-0.39, 0.29) is 49.1 Å². The number of anilines is 2. The number of benzene rings is 2. The first kappa shape index (κ1) is 20.6. The van der Waals surface area contributed by atoms with Gasteiger partial charge in [-0.1, -0.05) is 18.2 Å². The Morgan fingerprint density at radius 1 is 1.17 bits per heavy atom. The number of halogens is 3. The monoisotopic (exact) mass is 410 g/mol. The van der Waals surface area contributed by atoms with Crippen LogP contribution in [0.4, 0.5) is 29.3 Å². The zero-order chi connectivity index (χ0) is 21.2. The molecule has 0 spiro atoms. The van der Waals surface area contributed by atoms with Gasteiger partial charge in [-0.15, -0.1) is 0 Å². The molecule has 1 heterocycles. The predicted molar refractivity (Wildman–Crippen MR) is 102 cm³/mol. The number of rotatable bonds is 4. The number of carboxylic acid groups (broad SMARTS) is 1. The van der Waals surface area contributed by atoms with Crippen molar-refractivity contribution in [3.05, 3.63) is 48.0 Å². The number of nitrogens with two attached hydrogens (primary N) is 2. The van der Waals surface area contributed by atoms with Crippen molar-refractivity contribution in [1.82, 2.24) is 4.90 Å². The van der Waals surface area contributed by atoms with Gasteiger partial charge >= 0.3 is 12.3 Å². The molecule has 0 bridgehead atoms. The van der Waals surface area contributed by atoms with Crippen molar-refractivity contribution in [2.75, 3.05) is 36.8 Å². The Labute approximate surface area is 165 Å². The number of hydrogen-bond donors (Lipinski definition) is 3. The zero-order valence-electron chi connectivity index (χ0n) is 15.4. The quantitative estimate of drug-likeness (QED) is 0.669. The Bertz CT molecular complexity index is 877. The topological polar surface area (TPSA) is 105 Å². The number of amides is 1. The summed E-state index contributed by atoms with van der Waals surface area (Å²) in [5.41, 5.74) is 10.3. The summed E-state index contributed by atoms with van der Waals surface area (Å²) in [4.78, 5) is 13.9. The fourth-order valence-electron chi connectivity index (χ4n) is 3.42. The van der Waals surface area contributed by atoms with Crippen LogP contribution >= 0.6 is 0 Å². The summed E-state index contributed by atoms with van der Waals surface area (Å²) in [6.45, 7) is 0.0255. The highest BCUT2D eigenvalue weighted by atomic mass is 19.4. The average molecular weight is 410 g/mol. The van der Waals surface area contributed by atoms with E-state index in [0.29, 0.717) is 0 Å². The summed E-state index contributed by atoms with van der Waals surface area (Å²) in [5.74, 6) is -0.123. The summed E-state index contributed by atoms with van der Waals surface area (Å²) in [5, 5.41) is 9.27. The van der Waals surface area contributed by atoms with Crippen LogP contribution in [0.3, 0.4) is 0 Å². The lowest BCUT2D eigenvalue weighted by Gasteiger charge is -2.41. The third-order valence-corrected chi connectivity index (χ3v) is 4.74. The largest absolute Gasteiger partial charge is 0.465 e. The number of nitrogen functional groups attached to an aromatic ring is 1. The standard InChI is InChI=1S/C19H21F3N4O3/c20-19(21,22)16-15(29-13-4-2-1-3-5-13)7-6-14(24)17(16)25-8-9-26(18(27)28)12(10-23)11-25/h1-7,12H,8-11,23-24H2,(H,27,28)/t12-/m0/s1.